The predicted octanol–water partition coefficient (Wildman–Crippen LogP) is 2.23. The smallest absolute Gasteiger partial charge is 0.314 e. The molecule has 1 fully saturated rings. The van der Waals surface area contributed by atoms with E-state index in [1.807, 2.05) is 0 Å². The lowest BCUT2D eigenvalue weighted by Gasteiger charge is -2.13. The van der Waals surface area contributed by atoms with Gasteiger partial charge >= 0.3 is 5.97 Å². The molecule has 1 N–H and O–H groups in total. The first kappa shape index (κ1) is 12.0. The number of hydrogen-bond acceptors (Lipinski definition) is 2. The monoisotopic (exact) mass is 242 g/mol. The van der Waals surface area contributed by atoms with Crippen molar-refractivity contribution in [3.8, 4) is 0 Å². The van der Waals surface area contributed by atoms with Crippen molar-refractivity contribution in [2.45, 2.75) is 24.9 Å². The minimum Gasteiger partial charge on any atom is -0.481 e. The van der Waals surface area contributed by atoms with Crippen LogP contribution in [0.3, 0.4) is 0 Å². The van der Waals surface area contributed by atoms with Gasteiger partial charge in [0.05, 0.1) is 12.0 Å². The molecule has 1 aromatic carbocycles. The zero-order chi connectivity index (χ0) is 12.6. The van der Waals surface area contributed by atoms with Crippen LogP contribution < -0.4 is 0 Å². The van der Waals surface area contributed by atoms with Crippen LogP contribution >= 0.6 is 0 Å². The maximum atomic E-state index is 13.8. The fourth-order valence-corrected chi connectivity index (χ4v) is 1.94. The number of methoxy groups -OCH3 is 1. The normalized spacial score (nSPS) is 16.9. The van der Waals surface area contributed by atoms with Crippen molar-refractivity contribution in [2.75, 3.05) is 7.11 Å². The summed E-state index contributed by atoms with van der Waals surface area (Å²) in [5, 5.41) is 9.03. The van der Waals surface area contributed by atoms with Gasteiger partial charge in [-0.05, 0) is 25.0 Å². The van der Waals surface area contributed by atoms with Gasteiger partial charge in [-0.25, -0.2) is 8.78 Å². The Morgan fingerprint density at radius 2 is 2.06 bits per heavy atom. The molecule has 0 atom stereocenters. The van der Waals surface area contributed by atoms with Crippen LogP contribution in [0, 0.1) is 11.6 Å². The van der Waals surface area contributed by atoms with Gasteiger partial charge in [0.25, 0.3) is 0 Å². The summed E-state index contributed by atoms with van der Waals surface area (Å²) in [4.78, 5) is 11.0. The molecule has 0 aliphatic heterocycles. The molecule has 0 aromatic heterocycles. The van der Waals surface area contributed by atoms with E-state index < -0.39 is 23.0 Å². The maximum Gasteiger partial charge on any atom is 0.314 e. The fourth-order valence-electron chi connectivity index (χ4n) is 1.94. The number of benzene rings is 1. The van der Waals surface area contributed by atoms with E-state index >= 15 is 0 Å². The third-order valence-electron chi connectivity index (χ3n) is 3.11. The van der Waals surface area contributed by atoms with Crippen molar-refractivity contribution in [3.05, 3.63) is 34.9 Å². The Bertz CT molecular complexity index is 467. The minimum atomic E-state index is -1.23. The molecule has 2 rings (SSSR count). The molecular weight excluding hydrogens is 230 g/mol. The van der Waals surface area contributed by atoms with E-state index in [2.05, 4.69) is 0 Å². The summed E-state index contributed by atoms with van der Waals surface area (Å²) in [5.41, 5.74) is -1.20. The van der Waals surface area contributed by atoms with E-state index in [0.29, 0.717) is 12.8 Å². The van der Waals surface area contributed by atoms with Gasteiger partial charge in [0.1, 0.15) is 11.6 Å². The van der Waals surface area contributed by atoms with Gasteiger partial charge in [0, 0.05) is 18.2 Å². The summed E-state index contributed by atoms with van der Waals surface area (Å²) >= 11 is 0. The van der Waals surface area contributed by atoms with Gasteiger partial charge in [-0.2, -0.15) is 0 Å². The Balaban J connectivity index is 2.44. The molecule has 1 saturated carbocycles. The number of ether oxygens (including phenoxy) is 1. The topological polar surface area (TPSA) is 46.5 Å². The van der Waals surface area contributed by atoms with Gasteiger partial charge in [-0.3, -0.25) is 4.79 Å². The first-order valence-electron chi connectivity index (χ1n) is 5.22. The van der Waals surface area contributed by atoms with E-state index in [1.165, 1.54) is 7.11 Å². The first-order chi connectivity index (χ1) is 8.01. The van der Waals surface area contributed by atoms with E-state index in [1.54, 1.807) is 0 Å². The SMILES string of the molecule is COCc1cc(F)c(C2(C(=O)O)CC2)cc1F. The molecule has 1 aliphatic rings. The summed E-state index contributed by atoms with van der Waals surface area (Å²) in [6.45, 7) is -0.0386. The summed E-state index contributed by atoms with van der Waals surface area (Å²) in [6.07, 6.45) is 0.699. The zero-order valence-corrected chi connectivity index (χ0v) is 9.30. The molecule has 5 heteroatoms. The lowest BCUT2D eigenvalue weighted by Crippen LogP contribution is -2.21. The highest BCUT2D eigenvalue weighted by molar-refractivity contribution is 5.85. The highest BCUT2D eigenvalue weighted by Gasteiger charge is 2.53. The van der Waals surface area contributed by atoms with E-state index in [-0.39, 0.29) is 17.7 Å². The van der Waals surface area contributed by atoms with Crippen LogP contribution in [0.2, 0.25) is 0 Å². The Kier molecular flexibility index (Phi) is 2.87. The highest BCUT2D eigenvalue weighted by Crippen LogP contribution is 2.49. The number of halogens is 2. The van der Waals surface area contributed by atoms with Crippen LogP contribution in [0.4, 0.5) is 8.78 Å². The number of rotatable bonds is 4. The van der Waals surface area contributed by atoms with Gasteiger partial charge in [0.2, 0.25) is 0 Å². The summed E-state index contributed by atoms with van der Waals surface area (Å²) in [5.74, 6) is -2.41. The number of carboxylic acids is 1. The molecule has 1 aliphatic carbocycles. The second kappa shape index (κ2) is 4.07. The van der Waals surface area contributed by atoms with Gasteiger partial charge < -0.3 is 9.84 Å². The summed E-state index contributed by atoms with van der Waals surface area (Å²) in [6, 6.07) is 1.99. The van der Waals surface area contributed by atoms with E-state index in [9.17, 15) is 13.6 Å². The fraction of sp³-hybridized carbons (Fsp3) is 0.417. The third kappa shape index (κ3) is 1.91. The van der Waals surface area contributed by atoms with Crippen LogP contribution in [0.1, 0.15) is 24.0 Å². The van der Waals surface area contributed by atoms with Crippen LogP contribution in [0.25, 0.3) is 0 Å². The van der Waals surface area contributed by atoms with Crippen molar-refractivity contribution < 1.29 is 23.4 Å². The number of aliphatic carboxylic acids is 1. The summed E-state index contributed by atoms with van der Waals surface area (Å²) in [7, 11) is 1.38. The van der Waals surface area contributed by atoms with E-state index in [4.69, 9.17) is 9.84 Å². The second-order valence-electron chi connectivity index (χ2n) is 4.24. The minimum absolute atomic E-state index is 0.0386. The molecule has 0 heterocycles. The average Bonchev–Trinajstić information content (AvgIpc) is 3.04. The van der Waals surface area contributed by atoms with Crippen LogP contribution in [-0.4, -0.2) is 18.2 Å². The number of carbonyl (C=O) groups is 1. The lowest BCUT2D eigenvalue weighted by atomic mass is 9.94. The van der Waals surface area contributed by atoms with Crippen molar-refractivity contribution in [2.24, 2.45) is 0 Å². The third-order valence-corrected chi connectivity index (χ3v) is 3.11. The van der Waals surface area contributed by atoms with Crippen LogP contribution in [0.15, 0.2) is 12.1 Å². The number of carboxylic acid groups (broad SMARTS) is 1. The molecule has 17 heavy (non-hydrogen) atoms. The number of hydrogen-bond donors (Lipinski definition) is 1. The maximum absolute atomic E-state index is 13.8. The van der Waals surface area contributed by atoms with Gasteiger partial charge in [0.15, 0.2) is 0 Å². The largest absolute Gasteiger partial charge is 0.481 e. The molecule has 1 aromatic rings. The lowest BCUT2D eigenvalue weighted by molar-refractivity contribution is -0.140. The van der Waals surface area contributed by atoms with Crippen LogP contribution in [0.5, 0.6) is 0 Å². The zero-order valence-electron chi connectivity index (χ0n) is 9.30. The standard InChI is InChI=1S/C12H12F2O3/c1-17-6-7-4-10(14)8(5-9(7)13)12(2-3-12)11(15)16/h4-5H,2-3,6H2,1H3,(H,15,16). The Morgan fingerprint density at radius 1 is 1.41 bits per heavy atom. The van der Waals surface area contributed by atoms with Crippen molar-refractivity contribution in [1.29, 1.82) is 0 Å². The molecule has 92 valence electrons. The molecule has 0 bridgehead atoms. The molecule has 3 nitrogen and oxygen atoms in total. The molecular formula is C12H12F2O3. The predicted molar refractivity (Wildman–Crippen MR) is 55.6 cm³/mol. The van der Waals surface area contributed by atoms with Crippen molar-refractivity contribution in [3.63, 3.8) is 0 Å². The van der Waals surface area contributed by atoms with Crippen molar-refractivity contribution in [1.82, 2.24) is 0 Å². The molecule has 0 saturated heterocycles. The molecule has 0 spiro atoms. The Morgan fingerprint density at radius 3 is 2.53 bits per heavy atom. The Labute approximate surface area is 97.0 Å². The van der Waals surface area contributed by atoms with Crippen LogP contribution in [-0.2, 0) is 21.6 Å². The Hall–Kier alpha value is -1.49. The molecule has 0 unspecified atom stereocenters. The quantitative estimate of drug-likeness (QED) is 0.880. The average molecular weight is 242 g/mol. The molecule has 0 radical (unpaired) electrons. The van der Waals surface area contributed by atoms with E-state index in [0.717, 1.165) is 12.1 Å². The first-order valence-corrected chi connectivity index (χ1v) is 5.22. The van der Waals surface area contributed by atoms with Crippen molar-refractivity contribution >= 4 is 5.97 Å². The second-order valence-corrected chi connectivity index (χ2v) is 4.24. The van der Waals surface area contributed by atoms with Gasteiger partial charge in [-0.15, -0.1) is 0 Å². The van der Waals surface area contributed by atoms with Gasteiger partial charge in [-0.1, -0.05) is 0 Å². The summed E-state index contributed by atoms with van der Waals surface area (Å²) < 4.78 is 32.1. The molecule has 0 amide bonds. The highest BCUT2D eigenvalue weighted by atomic mass is 19.1.